The molecule has 0 saturated carbocycles. The zero-order valence-corrected chi connectivity index (χ0v) is 14.1. The second-order valence-corrected chi connectivity index (χ2v) is 7.02. The highest BCUT2D eigenvalue weighted by Gasteiger charge is 2.27. The summed E-state index contributed by atoms with van der Waals surface area (Å²) in [6, 6.07) is 0. The van der Waals surface area contributed by atoms with E-state index in [1.54, 1.807) is 0 Å². The van der Waals surface area contributed by atoms with Crippen LogP contribution < -0.4 is 0 Å². The molecule has 0 aromatic rings. The van der Waals surface area contributed by atoms with Gasteiger partial charge in [-0.3, -0.25) is 14.5 Å². The third kappa shape index (κ3) is 6.04. The third-order valence-corrected chi connectivity index (χ3v) is 4.54. The summed E-state index contributed by atoms with van der Waals surface area (Å²) in [5.41, 5.74) is 0.165. The maximum atomic E-state index is 12.3. The van der Waals surface area contributed by atoms with E-state index in [9.17, 15) is 9.59 Å². The van der Waals surface area contributed by atoms with Gasteiger partial charge in [-0.15, -0.1) is 0 Å². The van der Waals surface area contributed by atoms with Crippen LogP contribution in [0.4, 0.5) is 0 Å². The molecular weight excluding hydrogens is 268 g/mol. The van der Waals surface area contributed by atoms with Crippen molar-refractivity contribution >= 4 is 11.9 Å². The summed E-state index contributed by atoms with van der Waals surface area (Å²) in [4.78, 5) is 27.6. The molecule has 0 aromatic carbocycles. The molecule has 0 aromatic heterocycles. The molecule has 5 heteroatoms. The SMILES string of the molecule is COC(=O)CCN1CCN(C(=O)CC(C)C(C)(C)C)CC1. The Morgan fingerprint density at radius 3 is 2.19 bits per heavy atom. The zero-order chi connectivity index (χ0) is 16.0. The molecule has 1 fully saturated rings. The number of esters is 1. The standard InChI is InChI=1S/C16H30N2O3/c1-13(16(2,3)4)12-14(19)18-10-8-17(9-11-18)7-6-15(20)21-5/h13H,6-12H2,1-5H3. The van der Waals surface area contributed by atoms with Gasteiger partial charge < -0.3 is 9.64 Å². The first-order valence-electron chi connectivity index (χ1n) is 7.81. The molecule has 0 bridgehead atoms. The number of nitrogens with zero attached hydrogens (tertiary/aromatic N) is 2. The molecule has 1 aliphatic heterocycles. The lowest BCUT2D eigenvalue weighted by Crippen LogP contribution is -2.49. The largest absolute Gasteiger partial charge is 0.469 e. The van der Waals surface area contributed by atoms with Crippen LogP contribution >= 0.6 is 0 Å². The zero-order valence-electron chi connectivity index (χ0n) is 14.1. The highest BCUT2D eigenvalue weighted by Crippen LogP contribution is 2.28. The summed E-state index contributed by atoms with van der Waals surface area (Å²) in [5, 5.41) is 0. The molecule has 1 rings (SSSR count). The van der Waals surface area contributed by atoms with Gasteiger partial charge in [-0.2, -0.15) is 0 Å². The summed E-state index contributed by atoms with van der Waals surface area (Å²) < 4.78 is 4.65. The van der Waals surface area contributed by atoms with E-state index in [2.05, 4.69) is 37.3 Å². The minimum atomic E-state index is -0.174. The summed E-state index contributed by atoms with van der Waals surface area (Å²) in [6.07, 6.45) is 1.04. The van der Waals surface area contributed by atoms with Gasteiger partial charge in [0, 0.05) is 39.1 Å². The van der Waals surface area contributed by atoms with Crippen molar-refractivity contribution in [2.45, 2.75) is 40.5 Å². The number of piperazine rings is 1. The van der Waals surface area contributed by atoms with Crippen molar-refractivity contribution in [3.8, 4) is 0 Å². The van der Waals surface area contributed by atoms with Crippen molar-refractivity contribution in [2.75, 3.05) is 39.8 Å². The highest BCUT2D eigenvalue weighted by atomic mass is 16.5. The molecule has 0 radical (unpaired) electrons. The van der Waals surface area contributed by atoms with Gasteiger partial charge in [-0.05, 0) is 11.3 Å². The fraction of sp³-hybridized carbons (Fsp3) is 0.875. The Bertz CT molecular complexity index is 355. The van der Waals surface area contributed by atoms with Crippen molar-refractivity contribution in [1.82, 2.24) is 9.80 Å². The van der Waals surface area contributed by atoms with Crippen LogP contribution in [-0.4, -0.2) is 61.5 Å². The minimum Gasteiger partial charge on any atom is -0.469 e. The van der Waals surface area contributed by atoms with Crippen molar-refractivity contribution in [3.05, 3.63) is 0 Å². The monoisotopic (exact) mass is 298 g/mol. The van der Waals surface area contributed by atoms with Crippen LogP contribution in [0.15, 0.2) is 0 Å². The Balaban J connectivity index is 2.32. The number of rotatable bonds is 5. The lowest BCUT2D eigenvalue weighted by Gasteiger charge is -2.36. The maximum Gasteiger partial charge on any atom is 0.306 e. The molecule has 1 heterocycles. The number of amides is 1. The lowest BCUT2D eigenvalue weighted by molar-refractivity contribution is -0.141. The van der Waals surface area contributed by atoms with E-state index in [-0.39, 0.29) is 17.3 Å². The second-order valence-electron chi connectivity index (χ2n) is 7.02. The minimum absolute atomic E-state index is 0.165. The number of hydrogen-bond donors (Lipinski definition) is 0. The number of methoxy groups -OCH3 is 1. The number of ether oxygens (including phenoxy) is 1. The topological polar surface area (TPSA) is 49.9 Å². The first-order chi connectivity index (χ1) is 9.74. The lowest BCUT2D eigenvalue weighted by atomic mass is 9.80. The van der Waals surface area contributed by atoms with Crippen LogP contribution in [0.1, 0.15) is 40.5 Å². The van der Waals surface area contributed by atoms with Crippen molar-refractivity contribution in [1.29, 1.82) is 0 Å². The van der Waals surface area contributed by atoms with Gasteiger partial charge in [-0.1, -0.05) is 27.7 Å². The van der Waals surface area contributed by atoms with Gasteiger partial charge in [0.1, 0.15) is 0 Å². The summed E-state index contributed by atoms with van der Waals surface area (Å²) in [5.74, 6) is 0.458. The normalized spacial score (nSPS) is 18.4. The summed E-state index contributed by atoms with van der Waals surface area (Å²) >= 11 is 0. The van der Waals surface area contributed by atoms with E-state index in [1.165, 1.54) is 7.11 Å². The molecule has 122 valence electrons. The number of carbonyl (C=O) groups is 2. The van der Waals surface area contributed by atoms with Crippen LogP contribution in [0.3, 0.4) is 0 Å². The molecule has 1 saturated heterocycles. The van der Waals surface area contributed by atoms with Crippen LogP contribution in [-0.2, 0) is 14.3 Å². The molecule has 5 nitrogen and oxygen atoms in total. The predicted molar refractivity (Wildman–Crippen MR) is 82.9 cm³/mol. The van der Waals surface area contributed by atoms with E-state index in [0.29, 0.717) is 25.3 Å². The molecule has 21 heavy (non-hydrogen) atoms. The molecule has 1 amide bonds. The van der Waals surface area contributed by atoms with Crippen molar-refractivity contribution < 1.29 is 14.3 Å². The average Bonchev–Trinajstić information content (AvgIpc) is 2.44. The van der Waals surface area contributed by atoms with Crippen LogP contribution in [0, 0.1) is 11.3 Å². The molecule has 1 atom stereocenters. The number of hydrogen-bond acceptors (Lipinski definition) is 4. The average molecular weight is 298 g/mol. The first-order valence-corrected chi connectivity index (χ1v) is 7.81. The Labute approximate surface area is 128 Å². The Kier molecular flexibility index (Phi) is 6.65. The molecule has 1 unspecified atom stereocenters. The smallest absolute Gasteiger partial charge is 0.306 e. The molecule has 1 aliphatic rings. The molecule has 0 N–H and O–H groups in total. The summed E-state index contributed by atoms with van der Waals surface area (Å²) in [7, 11) is 1.41. The number of carbonyl (C=O) groups excluding carboxylic acids is 2. The predicted octanol–water partition coefficient (Wildman–Crippen LogP) is 1.77. The van der Waals surface area contributed by atoms with E-state index in [4.69, 9.17) is 0 Å². The van der Waals surface area contributed by atoms with Crippen molar-refractivity contribution in [3.63, 3.8) is 0 Å². The van der Waals surface area contributed by atoms with Crippen LogP contribution in [0.2, 0.25) is 0 Å². The van der Waals surface area contributed by atoms with E-state index >= 15 is 0 Å². The molecule has 0 spiro atoms. The van der Waals surface area contributed by atoms with Gasteiger partial charge >= 0.3 is 5.97 Å². The van der Waals surface area contributed by atoms with E-state index in [0.717, 1.165) is 26.2 Å². The van der Waals surface area contributed by atoms with Crippen molar-refractivity contribution in [2.24, 2.45) is 11.3 Å². The van der Waals surface area contributed by atoms with Gasteiger partial charge in [0.2, 0.25) is 5.91 Å². The fourth-order valence-electron chi connectivity index (χ4n) is 2.27. The van der Waals surface area contributed by atoms with Gasteiger partial charge in [0.15, 0.2) is 0 Å². The molecule has 0 aliphatic carbocycles. The summed E-state index contributed by atoms with van der Waals surface area (Å²) in [6.45, 7) is 12.6. The first kappa shape index (κ1) is 18.0. The Morgan fingerprint density at radius 1 is 1.14 bits per heavy atom. The third-order valence-electron chi connectivity index (χ3n) is 4.54. The van der Waals surface area contributed by atoms with E-state index in [1.807, 2.05) is 4.90 Å². The quantitative estimate of drug-likeness (QED) is 0.726. The van der Waals surface area contributed by atoms with Crippen LogP contribution in [0.25, 0.3) is 0 Å². The van der Waals surface area contributed by atoms with Gasteiger partial charge in [0.25, 0.3) is 0 Å². The van der Waals surface area contributed by atoms with Crippen LogP contribution in [0.5, 0.6) is 0 Å². The Morgan fingerprint density at radius 2 is 1.71 bits per heavy atom. The Hall–Kier alpha value is -1.10. The highest BCUT2D eigenvalue weighted by molar-refractivity contribution is 5.76. The fourth-order valence-corrected chi connectivity index (χ4v) is 2.27. The second kappa shape index (κ2) is 7.78. The maximum absolute atomic E-state index is 12.3. The molecular formula is C16H30N2O3. The van der Waals surface area contributed by atoms with Gasteiger partial charge in [0.05, 0.1) is 13.5 Å². The van der Waals surface area contributed by atoms with E-state index < -0.39 is 0 Å². The van der Waals surface area contributed by atoms with Gasteiger partial charge in [-0.25, -0.2) is 0 Å².